The van der Waals surface area contributed by atoms with Crippen molar-refractivity contribution in [1.82, 2.24) is 19.5 Å². The van der Waals surface area contributed by atoms with E-state index < -0.39 is 6.61 Å². The summed E-state index contributed by atoms with van der Waals surface area (Å²) in [6.07, 6.45) is 6.03. The Hall–Kier alpha value is -3.07. The van der Waals surface area contributed by atoms with Gasteiger partial charge in [-0.15, -0.1) is 0 Å². The van der Waals surface area contributed by atoms with E-state index in [1.54, 1.807) is 29.8 Å². The molecule has 0 aliphatic heterocycles. The van der Waals surface area contributed by atoms with Crippen molar-refractivity contribution in [3.05, 3.63) is 59.9 Å². The standard InChI is InChI=1S/C17H16F2N4O3/c1-11-3-2-4-15(26-16(18)19)14(11)9-25-13-5-20-17(21-6-13)23-7-12(8-24)22-10-23/h2-7,10,16,24H,8-9H2,1H3. The van der Waals surface area contributed by atoms with Crippen molar-refractivity contribution in [2.75, 3.05) is 0 Å². The van der Waals surface area contributed by atoms with Crippen molar-refractivity contribution in [2.45, 2.75) is 26.7 Å². The molecule has 9 heteroatoms. The summed E-state index contributed by atoms with van der Waals surface area (Å²) in [6.45, 7) is -1.25. The zero-order chi connectivity index (χ0) is 18.5. The van der Waals surface area contributed by atoms with Gasteiger partial charge in [0.1, 0.15) is 18.7 Å². The van der Waals surface area contributed by atoms with Crippen molar-refractivity contribution < 1.29 is 23.4 Å². The molecule has 1 N–H and O–H groups in total. The van der Waals surface area contributed by atoms with Crippen LogP contribution in [0.15, 0.2) is 43.1 Å². The Bertz CT molecular complexity index is 869. The third kappa shape index (κ3) is 4.12. The van der Waals surface area contributed by atoms with Gasteiger partial charge in [-0.25, -0.2) is 15.0 Å². The summed E-state index contributed by atoms with van der Waals surface area (Å²) in [5.41, 5.74) is 1.80. The molecule has 0 aliphatic rings. The van der Waals surface area contributed by atoms with Crippen LogP contribution in [0.4, 0.5) is 8.78 Å². The largest absolute Gasteiger partial charge is 0.486 e. The second-order valence-corrected chi connectivity index (χ2v) is 5.37. The molecule has 1 aromatic carbocycles. The van der Waals surface area contributed by atoms with Crippen LogP contribution in [0.25, 0.3) is 5.95 Å². The van der Waals surface area contributed by atoms with Crippen LogP contribution in [-0.4, -0.2) is 31.2 Å². The molecule has 26 heavy (non-hydrogen) atoms. The molecule has 0 aliphatic carbocycles. The number of aliphatic hydroxyl groups is 1. The summed E-state index contributed by atoms with van der Waals surface area (Å²) in [6, 6.07) is 4.89. The van der Waals surface area contributed by atoms with Gasteiger partial charge in [0.2, 0.25) is 5.95 Å². The van der Waals surface area contributed by atoms with Crippen LogP contribution in [0.3, 0.4) is 0 Å². The number of aliphatic hydroxyl groups excluding tert-OH is 1. The molecule has 0 bridgehead atoms. The Morgan fingerprint density at radius 3 is 2.62 bits per heavy atom. The van der Waals surface area contributed by atoms with E-state index in [1.165, 1.54) is 24.8 Å². The number of hydrogen-bond acceptors (Lipinski definition) is 6. The fourth-order valence-corrected chi connectivity index (χ4v) is 2.29. The molecule has 3 rings (SSSR count). The molecule has 2 aromatic heterocycles. The lowest BCUT2D eigenvalue weighted by Gasteiger charge is -2.14. The van der Waals surface area contributed by atoms with Crippen LogP contribution in [-0.2, 0) is 13.2 Å². The normalized spacial score (nSPS) is 11.0. The number of rotatable bonds is 7. The summed E-state index contributed by atoms with van der Waals surface area (Å²) < 4.78 is 36.7. The minimum Gasteiger partial charge on any atom is -0.486 e. The maximum absolute atomic E-state index is 12.5. The number of nitrogens with zero attached hydrogens (tertiary/aromatic N) is 4. The highest BCUT2D eigenvalue weighted by atomic mass is 19.3. The summed E-state index contributed by atoms with van der Waals surface area (Å²) >= 11 is 0. The lowest BCUT2D eigenvalue weighted by atomic mass is 10.1. The fourth-order valence-electron chi connectivity index (χ4n) is 2.29. The minimum absolute atomic E-state index is 0.0389. The number of ether oxygens (including phenoxy) is 2. The Balaban J connectivity index is 1.71. The van der Waals surface area contributed by atoms with Crippen LogP contribution in [0.2, 0.25) is 0 Å². The lowest BCUT2D eigenvalue weighted by Crippen LogP contribution is -2.08. The summed E-state index contributed by atoms with van der Waals surface area (Å²) in [7, 11) is 0. The Morgan fingerprint density at radius 2 is 1.96 bits per heavy atom. The molecular weight excluding hydrogens is 346 g/mol. The first-order chi connectivity index (χ1) is 12.6. The van der Waals surface area contributed by atoms with Crippen LogP contribution >= 0.6 is 0 Å². The minimum atomic E-state index is -2.91. The van der Waals surface area contributed by atoms with Gasteiger partial charge < -0.3 is 14.6 Å². The number of aromatic nitrogens is 4. The molecular formula is C17H16F2N4O3. The highest BCUT2D eigenvalue weighted by molar-refractivity contribution is 5.39. The summed E-state index contributed by atoms with van der Waals surface area (Å²) in [5.74, 6) is 0.817. The molecule has 0 saturated carbocycles. The first-order valence-corrected chi connectivity index (χ1v) is 7.69. The first kappa shape index (κ1) is 17.7. The topological polar surface area (TPSA) is 82.3 Å². The van der Waals surface area contributed by atoms with Crippen LogP contribution in [0.1, 0.15) is 16.8 Å². The molecule has 0 radical (unpaired) electrons. The van der Waals surface area contributed by atoms with Crippen molar-refractivity contribution in [1.29, 1.82) is 0 Å². The predicted octanol–water partition coefficient (Wildman–Crippen LogP) is 2.64. The van der Waals surface area contributed by atoms with Crippen LogP contribution in [0.5, 0.6) is 11.5 Å². The number of hydrogen-bond donors (Lipinski definition) is 1. The Kier molecular flexibility index (Phi) is 5.37. The third-order valence-corrected chi connectivity index (χ3v) is 3.61. The molecule has 0 unspecified atom stereocenters. The average Bonchev–Trinajstić information content (AvgIpc) is 3.10. The van der Waals surface area contributed by atoms with Gasteiger partial charge in [0.15, 0.2) is 5.75 Å². The molecule has 136 valence electrons. The van der Waals surface area contributed by atoms with Crippen molar-refractivity contribution >= 4 is 0 Å². The fraction of sp³-hybridized carbons (Fsp3) is 0.235. The van der Waals surface area contributed by atoms with Gasteiger partial charge in [0.05, 0.1) is 24.7 Å². The molecule has 3 aromatic rings. The molecule has 0 spiro atoms. The van der Waals surface area contributed by atoms with E-state index in [-0.39, 0.29) is 19.0 Å². The third-order valence-electron chi connectivity index (χ3n) is 3.61. The first-order valence-electron chi connectivity index (χ1n) is 7.69. The highest BCUT2D eigenvalue weighted by Crippen LogP contribution is 2.25. The van der Waals surface area contributed by atoms with E-state index in [2.05, 4.69) is 19.7 Å². The predicted molar refractivity (Wildman–Crippen MR) is 87.2 cm³/mol. The quantitative estimate of drug-likeness (QED) is 0.696. The van der Waals surface area contributed by atoms with Crippen molar-refractivity contribution in [2.24, 2.45) is 0 Å². The van der Waals surface area contributed by atoms with Crippen LogP contribution < -0.4 is 9.47 Å². The summed E-state index contributed by atoms with van der Waals surface area (Å²) in [5, 5.41) is 9.03. The van der Waals surface area contributed by atoms with Gasteiger partial charge in [-0.3, -0.25) is 4.57 Å². The van der Waals surface area contributed by atoms with E-state index in [9.17, 15) is 8.78 Å². The summed E-state index contributed by atoms with van der Waals surface area (Å²) in [4.78, 5) is 12.3. The molecule has 0 fully saturated rings. The van der Waals surface area contributed by atoms with Gasteiger partial charge in [-0.1, -0.05) is 12.1 Å². The van der Waals surface area contributed by atoms with Gasteiger partial charge >= 0.3 is 6.61 Å². The van der Waals surface area contributed by atoms with E-state index in [4.69, 9.17) is 9.84 Å². The maximum atomic E-state index is 12.5. The monoisotopic (exact) mass is 362 g/mol. The number of aryl methyl sites for hydroxylation is 1. The van der Waals surface area contributed by atoms with Gasteiger partial charge in [-0.05, 0) is 18.6 Å². The lowest BCUT2D eigenvalue weighted by molar-refractivity contribution is -0.0508. The van der Waals surface area contributed by atoms with E-state index in [0.717, 1.165) is 5.56 Å². The number of benzene rings is 1. The number of alkyl halides is 2. The smallest absolute Gasteiger partial charge is 0.387 e. The molecule has 2 heterocycles. The van der Waals surface area contributed by atoms with E-state index in [1.807, 2.05) is 0 Å². The zero-order valence-corrected chi connectivity index (χ0v) is 13.8. The number of halogens is 2. The molecule has 7 nitrogen and oxygen atoms in total. The zero-order valence-electron chi connectivity index (χ0n) is 13.8. The number of imidazole rings is 1. The Labute approximate surface area is 147 Å². The van der Waals surface area contributed by atoms with E-state index >= 15 is 0 Å². The second kappa shape index (κ2) is 7.87. The molecule has 0 saturated heterocycles. The molecule has 0 amide bonds. The van der Waals surface area contributed by atoms with Gasteiger partial charge in [-0.2, -0.15) is 8.78 Å². The highest BCUT2D eigenvalue weighted by Gasteiger charge is 2.12. The maximum Gasteiger partial charge on any atom is 0.387 e. The van der Waals surface area contributed by atoms with Crippen molar-refractivity contribution in [3.63, 3.8) is 0 Å². The van der Waals surface area contributed by atoms with E-state index in [0.29, 0.717) is 23.0 Å². The average molecular weight is 362 g/mol. The second-order valence-electron chi connectivity index (χ2n) is 5.37. The van der Waals surface area contributed by atoms with Crippen molar-refractivity contribution in [3.8, 4) is 17.4 Å². The Morgan fingerprint density at radius 1 is 1.19 bits per heavy atom. The van der Waals surface area contributed by atoms with Crippen LogP contribution in [0, 0.1) is 6.92 Å². The van der Waals surface area contributed by atoms with Gasteiger partial charge in [0, 0.05) is 11.8 Å². The SMILES string of the molecule is Cc1cccc(OC(F)F)c1COc1cnc(-n2cnc(CO)c2)nc1. The van der Waals surface area contributed by atoms with Gasteiger partial charge in [0.25, 0.3) is 0 Å². The molecule has 0 atom stereocenters.